The summed E-state index contributed by atoms with van der Waals surface area (Å²) in [7, 11) is -0.308. The van der Waals surface area contributed by atoms with Crippen LogP contribution in [0.5, 0.6) is 5.75 Å². The standard InChI is InChI=1S/C29H42O6Si/c1-21(27(30)22(2)35-28(31)24-12-10-9-11-13-24)26(18-19-34-36(7,8)29(3,4)5)33-20-23-14-16-25(32-6)17-15-23/h9-17,21-22,26H,18-20H2,1-8H3/t21-,22+,26-/m0/s1. The van der Waals surface area contributed by atoms with Crippen LogP contribution < -0.4 is 4.74 Å². The van der Waals surface area contributed by atoms with E-state index in [1.54, 1.807) is 38.3 Å². The first-order valence-corrected chi connectivity index (χ1v) is 15.4. The average Bonchev–Trinajstić information content (AvgIpc) is 2.85. The van der Waals surface area contributed by atoms with Gasteiger partial charge in [0.15, 0.2) is 20.2 Å². The Balaban J connectivity index is 2.08. The van der Waals surface area contributed by atoms with Gasteiger partial charge in [-0.15, -0.1) is 0 Å². The summed E-state index contributed by atoms with van der Waals surface area (Å²) in [6, 6.07) is 16.3. The summed E-state index contributed by atoms with van der Waals surface area (Å²) in [5.41, 5.74) is 1.40. The van der Waals surface area contributed by atoms with Crippen LogP contribution in [0.4, 0.5) is 0 Å². The van der Waals surface area contributed by atoms with Gasteiger partial charge in [0.2, 0.25) is 0 Å². The second-order valence-electron chi connectivity index (χ2n) is 10.7. The fourth-order valence-electron chi connectivity index (χ4n) is 3.46. The van der Waals surface area contributed by atoms with E-state index in [4.69, 9.17) is 18.6 Å². The molecule has 0 saturated carbocycles. The monoisotopic (exact) mass is 514 g/mol. The Kier molecular flexibility index (Phi) is 10.9. The van der Waals surface area contributed by atoms with E-state index in [1.807, 2.05) is 37.3 Å². The van der Waals surface area contributed by atoms with Crippen LogP contribution in [0.3, 0.4) is 0 Å². The SMILES string of the molecule is COc1ccc(CO[C@@H](CCO[Si](C)(C)C(C)(C)C)[C@H](C)C(=O)[C@@H](C)OC(=O)c2ccccc2)cc1. The van der Waals surface area contributed by atoms with Gasteiger partial charge in [-0.05, 0) is 61.3 Å². The average molecular weight is 515 g/mol. The van der Waals surface area contributed by atoms with Crippen LogP contribution >= 0.6 is 0 Å². The Hall–Kier alpha value is -2.48. The van der Waals surface area contributed by atoms with Gasteiger partial charge in [0.05, 0.1) is 25.4 Å². The molecule has 198 valence electrons. The highest BCUT2D eigenvalue weighted by molar-refractivity contribution is 6.74. The normalized spacial score (nSPS) is 14.6. The third-order valence-electron chi connectivity index (χ3n) is 7.00. The van der Waals surface area contributed by atoms with E-state index in [1.165, 1.54) is 0 Å². The third kappa shape index (κ3) is 8.57. The van der Waals surface area contributed by atoms with E-state index in [-0.39, 0.29) is 16.9 Å². The van der Waals surface area contributed by atoms with Crippen molar-refractivity contribution < 1.29 is 28.2 Å². The zero-order chi connectivity index (χ0) is 26.9. The number of esters is 1. The Bertz CT molecular complexity index is 966. The second kappa shape index (κ2) is 13.2. The minimum Gasteiger partial charge on any atom is -0.497 e. The number of hydrogen-bond acceptors (Lipinski definition) is 6. The van der Waals surface area contributed by atoms with Gasteiger partial charge in [-0.3, -0.25) is 4.79 Å². The molecule has 7 heteroatoms. The van der Waals surface area contributed by atoms with Crippen LogP contribution in [-0.4, -0.2) is 46.0 Å². The molecule has 0 unspecified atom stereocenters. The molecule has 2 aromatic rings. The number of rotatable bonds is 13. The molecule has 0 aliphatic carbocycles. The van der Waals surface area contributed by atoms with Crippen molar-refractivity contribution in [1.29, 1.82) is 0 Å². The number of methoxy groups -OCH3 is 1. The van der Waals surface area contributed by atoms with Crippen LogP contribution in [-0.2, 0) is 25.3 Å². The number of carbonyl (C=O) groups excluding carboxylic acids is 2. The maximum Gasteiger partial charge on any atom is 0.338 e. The maximum absolute atomic E-state index is 13.3. The molecule has 0 fully saturated rings. The van der Waals surface area contributed by atoms with Crippen molar-refractivity contribution in [2.75, 3.05) is 13.7 Å². The number of ketones is 1. The highest BCUT2D eigenvalue weighted by Crippen LogP contribution is 2.36. The number of Topliss-reactive ketones (excluding diaryl/α,β-unsaturated/α-hetero) is 1. The van der Waals surface area contributed by atoms with Crippen LogP contribution in [0.15, 0.2) is 54.6 Å². The van der Waals surface area contributed by atoms with Gasteiger partial charge in [-0.25, -0.2) is 4.79 Å². The second-order valence-corrected chi connectivity index (χ2v) is 15.5. The molecule has 0 bridgehead atoms. The van der Waals surface area contributed by atoms with Gasteiger partial charge in [-0.1, -0.05) is 58.0 Å². The van der Waals surface area contributed by atoms with Crippen molar-refractivity contribution in [2.24, 2.45) is 5.92 Å². The number of ether oxygens (including phenoxy) is 3. The van der Waals surface area contributed by atoms with Crippen LogP contribution in [0.25, 0.3) is 0 Å². The fraction of sp³-hybridized carbons (Fsp3) is 0.517. The van der Waals surface area contributed by atoms with Gasteiger partial charge in [-0.2, -0.15) is 0 Å². The maximum atomic E-state index is 13.3. The summed E-state index contributed by atoms with van der Waals surface area (Å²) in [5.74, 6) is -0.396. The van der Waals surface area contributed by atoms with Gasteiger partial charge in [0.1, 0.15) is 5.75 Å². The molecule has 0 radical (unpaired) electrons. The van der Waals surface area contributed by atoms with Crippen molar-refractivity contribution in [2.45, 2.75) is 78.0 Å². The fourth-order valence-corrected chi connectivity index (χ4v) is 4.52. The first-order valence-electron chi connectivity index (χ1n) is 12.5. The lowest BCUT2D eigenvalue weighted by Gasteiger charge is -2.37. The molecular weight excluding hydrogens is 472 g/mol. The topological polar surface area (TPSA) is 71.1 Å². The van der Waals surface area contributed by atoms with Gasteiger partial charge in [0, 0.05) is 12.5 Å². The number of hydrogen-bond donors (Lipinski definition) is 0. The predicted octanol–water partition coefficient (Wildman–Crippen LogP) is 6.44. The summed E-state index contributed by atoms with van der Waals surface area (Å²) in [4.78, 5) is 25.7. The molecule has 0 saturated heterocycles. The molecule has 36 heavy (non-hydrogen) atoms. The van der Waals surface area contributed by atoms with Crippen molar-refractivity contribution >= 4 is 20.1 Å². The lowest BCUT2D eigenvalue weighted by Crippen LogP contribution is -2.42. The van der Waals surface area contributed by atoms with Crippen LogP contribution in [0.2, 0.25) is 18.1 Å². The summed E-state index contributed by atoms with van der Waals surface area (Å²) in [6.45, 7) is 15.3. The molecular formula is C29H42O6Si. The molecule has 0 aliphatic rings. The highest BCUT2D eigenvalue weighted by atomic mass is 28.4. The Labute approximate surface area is 217 Å². The van der Waals surface area contributed by atoms with Gasteiger partial charge < -0.3 is 18.6 Å². The number of benzene rings is 2. The van der Waals surface area contributed by atoms with Crippen molar-refractivity contribution in [3.63, 3.8) is 0 Å². The van der Waals surface area contributed by atoms with Crippen LogP contribution in [0, 0.1) is 5.92 Å². The summed E-state index contributed by atoms with van der Waals surface area (Å²) in [6.07, 6.45) is -0.710. The summed E-state index contributed by atoms with van der Waals surface area (Å²) in [5, 5.41) is 0.0913. The first kappa shape index (κ1) is 29.7. The van der Waals surface area contributed by atoms with Crippen molar-refractivity contribution in [3.8, 4) is 5.75 Å². The largest absolute Gasteiger partial charge is 0.497 e. The van der Waals surface area contributed by atoms with E-state index >= 15 is 0 Å². The predicted molar refractivity (Wildman–Crippen MR) is 145 cm³/mol. The molecule has 0 amide bonds. The molecule has 0 aromatic heterocycles. The Morgan fingerprint density at radius 2 is 1.56 bits per heavy atom. The first-order chi connectivity index (χ1) is 16.9. The molecule has 0 aliphatic heterocycles. The Morgan fingerprint density at radius 1 is 0.944 bits per heavy atom. The minimum absolute atomic E-state index is 0.0913. The number of carbonyl (C=O) groups is 2. The summed E-state index contributed by atoms with van der Waals surface area (Å²) < 4.78 is 23.3. The molecule has 3 atom stereocenters. The van der Waals surface area contributed by atoms with E-state index in [0.717, 1.165) is 11.3 Å². The van der Waals surface area contributed by atoms with E-state index < -0.39 is 26.3 Å². The molecule has 2 rings (SSSR count). The zero-order valence-electron chi connectivity index (χ0n) is 23.0. The van der Waals surface area contributed by atoms with Crippen molar-refractivity contribution in [1.82, 2.24) is 0 Å². The smallest absolute Gasteiger partial charge is 0.338 e. The van der Waals surface area contributed by atoms with E-state index in [0.29, 0.717) is 25.2 Å². The quantitative estimate of drug-likeness (QED) is 0.226. The lowest BCUT2D eigenvalue weighted by molar-refractivity contribution is -0.136. The van der Waals surface area contributed by atoms with Gasteiger partial charge in [0.25, 0.3) is 0 Å². The molecule has 2 aromatic carbocycles. The Morgan fingerprint density at radius 3 is 2.11 bits per heavy atom. The highest BCUT2D eigenvalue weighted by Gasteiger charge is 2.38. The van der Waals surface area contributed by atoms with Crippen molar-refractivity contribution in [3.05, 3.63) is 65.7 Å². The van der Waals surface area contributed by atoms with E-state index in [2.05, 4.69) is 33.9 Å². The third-order valence-corrected chi connectivity index (χ3v) is 11.5. The molecule has 0 N–H and O–H groups in total. The van der Waals surface area contributed by atoms with Crippen LogP contribution in [0.1, 0.15) is 57.0 Å². The summed E-state index contributed by atoms with van der Waals surface area (Å²) >= 11 is 0. The van der Waals surface area contributed by atoms with Gasteiger partial charge >= 0.3 is 5.97 Å². The lowest BCUT2D eigenvalue weighted by atomic mass is 9.94. The molecule has 0 spiro atoms. The molecule has 6 nitrogen and oxygen atoms in total. The van der Waals surface area contributed by atoms with E-state index in [9.17, 15) is 9.59 Å². The molecule has 0 heterocycles. The minimum atomic E-state index is -1.94. The zero-order valence-corrected chi connectivity index (χ0v) is 24.0.